The minimum atomic E-state index is -0.502. The lowest BCUT2D eigenvalue weighted by molar-refractivity contribution is -0.126. The Morgan fingerprint density at radius 1 is 1.05 bits per heavy atom. The fourth-order valence-electron chi connectivity index (χ4n) is 2.84. The minimum absolute atomic E-state index is 0.0808. The van der Waals surface area contributed by atoms with Gasteiger partial charge in [0.15, 0.2) is 11.5 Å². The second-order valence-corrected chi connectivity index (χ2v) is 5.13. The van der Waals surface area contributed by atoms with Crippen LogP contribution in [0.4, 0.5) is 5.69 Å². The molecule has 2 aliphatic heterocycles. The molecular weight excluding hydrogens is 268 g/mol. The second-order valence-electron chi connectivity index (χ2n) is 5.13. The van der Waals surface area contributed by atoms with Crippen LogP contribution in [0, 0.1) is 0 Å². The summed E-state index contributed by atoms with van der Waals surface area (Å²) in [5, 5.41) is 0. The Morgan fingerprint density at radius 2 is 1.81 bits per heavy atom. The molecule has 0 unspecified atom stereocenters. The molecule has 1 fully saturated rings. The molecule has 2 aliphatic rings. The first kappa shape index (κ1) is 12.2. The maximum absolute atomic E-state index is 12.2. The Bertz CT molecular complexity index is 702. The average Bonchev–Trinajstić information content (AvgIpc) is 2.99. The summed E-state index contributed by atoms with van der Waals surface area (Å²) in [5.74, 6) is 1.28. The molecule has 2 atom stereocenters. The Morgan fingerprint density at radius 3 is 2.62 bits per heavy atom. The molecule has 1 saturated heterocycles. The Balaban J connectivity index is 1.71. The van der Waals surface area contributed by atoms with Crippen molar-refractivity contribution in [2.45, 2.75) is 12.1 Å². The Kier molecular flexibility index (Phi) is 2.62. The number of benzene rings is 2. The lowest BCUT2D eigenvalue weighted by Gasteiger charge is -2.45. The predicted octanol–water partition coefficient (Wildman–Crippen LogP) is 1.83. The summed E-state index contributed by atoms with van der Waals surface area (Å²) in [5.41, 5.74) is 7.80. The maximum Gasteiger partial charge on any atom is 0.247 e. The third-order valence-electron chi connectivity index (χ3n) is 3.92. The van der Waals surface area contributed by atoms with Gasteiger partial charge in [0.05, 0.1) is 6.04 Å². The molecule has 0 aliphatic carbocycles. The number of carbonyl (C=O) groups excluding carboxylic acids is 1. The fourth-order valence-corrected chi connectivity index (χ4v) is 2.84. The molecule has 5 nitrogen and oxygen atoms in total. The van der Waals surface area contributed by atoms with Gasteiger partial charge in [0.1, 0.15) is 6.04 Å². The molecule has 2 heterocycles. The van der Waals surface area contributed by atoms with E-state index in [2.05, 4.69) is 0 Å². The summed E-state index contributed by atoms with van der Waals surface area (Å²) in [4.78, 5) is 13.9. The van der Waals surface area contributed by atoms with E-state index in [-0.39, 0.29) is 18.7 Å². The zero-order valence-electron chi connectivity index (χ0n) is 11.2. The van der Waals surface area contributed by atoms with Crippen molar-refractivity contribution >= 4 is 11.6 Å². The van der Waals surface area contributed by atoms with Gasteiger partial charge in [-0.15, -0.1) is 0 Å². The summed E-state index contributed by atoms with van der Waals surface area (Å²) in [7, 11) is 0. The highest BCUT2D eigenvalue weighted by molar-refractivity contribution is 6.05. The normalized spacial score (nSPS) is 23.1. The van der Waals surface area contributed by atoms with E-state index in [1.54, 1.807) is 4.90 Å². The van der Waals surface area contributed by atoms with Gasteiger partial charge in [-0.2, -0.15) is 0 Å². The molecule has 0 bridgehead atoms. The van der Waals surface area contributed by atoms with Gasteiger partial charge in [-0.1, -0.05) is 30.3 Å². The van der Waals surface area contributed by atoms with Crippen molar-refractivity contribution in [1.82, 2.24) is 0 Å². The fraction of sp³-hybridized carbons (Fsp3) is 0.188. The van der Waals surface area contributed by atoms with Gasteiger partial charge < -0.3 is 20.1 Å². The second kappa shape index (κ2) is 4.49. The van der Waals surface area contributed by atoms with Gasteiger partial charge in [-0.25, -0.2) is 0 Å². The average molecular weight is 282 g/mol. The Hall–Kier alpha value is -2.53. The molecule has 106 valence electrons. The van der Waals surface area contributed by atoms with E-state index >= 15 is 0 Å². The molecule has 0 saturated carbocycles. The molecular formula is C16H14N2O3. The van der Waals surface area contributed by atoms with E-state index < -0.39 is 6.04 Å². The van der Waals surface area contributed by atoms with E-state index in [4.69, 9.17) is 15.2 Å². The van der Waals surface area contributed by atoms with Crippen LogP contribution in [-0.2, 0) is 4.79 Å². The van der Waals surface area contributed by atoms with Crippen LogP contribution in [0.3, 0.4) is 0 Å². The van der Waals surface area contributed by atoms with Gasteiger partial charge in [-0.3, -0.25) is 4.79 Å². The van der Waals surface area contributed by atoms with E-state index in [1.165, 1.54) is 0 Å². The molecule has 21 heavy (non-hydrogen) atoms. The summed E-state index contributed by atoms with van der Waals surface area (Å²) >= 11 is 0. The highest BCUT2D eigenvalue weighted by Gasteiger charge is 2.46. The first-order valence-corrected chi connectivity index (χ1v) is 6.79. The molecule has 2 N–H and O–H groups in total. The van der Waals surface area contributed by atoms with Gasteiger partial charge in [-0.05, 0) is 17.7 Å². The lowest BCUT2D eigenvalue weighted by Crippen LogP contribution is -2.63. The summed E-state index contributed by atoms with van der Waals surface area (Å²) in [6.07, 6.45) is 0. The van der Waals surface area contributed by atoms with Crippen molar-refractivity contribution in [3.05, 3.63) is 54.1 Å². The number of amides is 1. The summed E-state index contributed by atoms with van der Waals surface area (Å²) in [6, 6.07) is 14.7. The van der Waals surface area contributed by atoms with Gasteiger partial charge >= 0.3 is 0 Å². The minimum Gasteiger partial charge on any atom is -0.454 e. The van der Waals surface area contributed by atoms with Crippen molar-refractivity contribution in [2.24, 2.45) is 5.73 Å². The molecule has 2 aromatic carbocycles. The summed E-state index contributed by atoms with van der Waals surface area (Å²) in [6.45, 7) is 0.217. The number of rotatable bonds is 2. The number of hydrogen-bond acceptors (Lipinski definition) is 4. The number of anilines is 1. The number of β-lactam (4-membered cyclic amide) rings is 1. The molecule has 2 aromatic rings. The molecule has 0 aromatic heterocycles. The quantitative estimate of drug-likeness (QED) is 0.853. The van der Waals surface area contributed by atoms with Crippen LogP contribution >= 0.6 is 0 Å². The summed E-state index contributed by atoms with van der Waals surface area (Å²) < 4.78 is 10.7. The van der Waals surface area contributed by atoms with Crippen molar-refractivity contribution < 1.29 is 14.3 Å². The van der Waals surface area contributed by atoms with Crippen molar-refractivity contribution in [1.29, 1.82) is 0 Å². The van der Waals surface area contributed by atoms with E-state index in [0.29, 0.717) is 11.5 Å². The molecule has 1 amide bonds. The molecule has 5 heteroatoms. The van der Waals surface area contributed by atoms with Crippen LogP contribution in [0.15, 0.2) is 48.5 Å². The highest BCUT2D eigenvalue weighted by atomic mass is 16.7. The van der Waals surface area contributed by atoms with E-state index in [1.807, 2.05) is 48.5 Å². The standard InChI is InChI=1S/C16H14N2O3/c17-14-15(10-4-2-1-3-5-10)18(16(14)19)11-6-7-12-13(8-11)21-9-20-12/h1-8,14-15H,9,17H2/t14-,15-/m0/s1. The van der Waals surface area contributed by atoms with Crippen molar-refractivity contribution in [3.63, 3.8) is 0 Å². The largest absolute Gasteiger partial charge is 0.454 e. The zero-order valence-corrected chi connectivity index (χ0v) is 11.2. The lowest BCUT2D eigenvalue weighted by atomic mass is 9.88. The monoisotopic (exact) mass is 282 g/mol. The number of ether oxygens (including phenoxy) is 2. The Labute approximate surface area is 121 Å². The van der Waals surface area contributed by atoms with Crippen LogP contribution in [0.1, 0.15) is 11.6 Å². The molecule has 0 radical (unpaired) electrons. The smallest absolute Gasteiger partial charge is 0.247 e. The maximum atomic E-state index is 12.2. The van der Waals surface area contributed by atoms with Gasteiger partial charge in [0.2, 0.25) is 12.7 Å². The highest BCUT2D eigenvalue weighted by Crippen LogP contribution is 2.42. The molecule has 0 spiro atoms. The third kappa shape index (κ3) is 1.78. The number of nitrogens with two attached hydrogens (primary N) is 1. The van der Waals surface area contributed by atoms with E-state index in [0.717, 1.165) is 11.3 Å². The zero-order chi connectivity index (χ0) is 14.4. The molecule has 4 rings (SSSR count). The first-order valence-electron chi connectivity index (χ1n) is 6.79. The number of fused-ring (bicyclic) bond motifs is 1. The predicted molar refractivity (Wildman–Crippen MR) is 77.2 cm³/mol. The topological polar surface area (TPSA) is 64.8 Å². The van der Waals surface area contributed by atoms with E-state index in [9.17, 15) is 4.79 Å². The van der Waals surface area contributed by atoms with Crippen molar-refractivity contribution in [2.75, 3.05) is 11.7 Å². The van der Waals surface area contributed by atoms with Crippen molar-refractivity contribution in [3.8, 4) is 11.5 Å². The third-order valence-corrected chi connectivity index (χ3v) is 3.92. The van der Waals surface area contributed by atoms with Crippen LogP contribution in [-0.4, -0.2) is 18.7 Å². The van der Waals surface area contributed by atoms with Crippen LogP contribution in [0.2, 0.25) is 0 Å². The van der Waals surface area contributed by atoms with Gasteiger partial charge in [0, 0.05) is 11.8 Å². The SMILES string of the molecule is N[C@@H]1C(=O)N(c2ccc3c(c2)OCO3)[C@H]1c1ccccc1. The first-order chi connectivity index (χ1) is 10.3. The van der Waals surface area contributed by atoms with Gasteiger partial charge in [0.25, 0.3) is 0 Å². The van der Waals surface area contributed by atoms with Crippen LogP contribution < -0.4 is 20.1 Å². The van der Waals surface area contributed by atoms with Crippen LogP contribution in [0.25, 0.3) is 0 Å². The van der Waals surface area contributed by atoms with Crippen LogP contribution in [0.5, 0.6) is 11.5 Å². The number of nitrogens with zero attached hydrogens (tertiary/aromatic N) is 1. The number of hydrogen-bond donors (Lipinski definition) is 1. The number of carbonyl (C=O) groups is 1.